The summed E-state index contributed by atoms with van der Waals surface area (Å²) in [6, 6.07) is 0. The molecule has 0 radical (unpaired) electrons. The molecule has 0 atom stereocenters. The van der Waals surface area contributed by atoms with Gasteiger partial charge >= 0.3 is 12.1 Å². The maximum Gasteiger partial charge on any atom is 0.389 e. The number of hydrogen-bond acceptors (Lipinski definition) is 1. The Labute approximate surface area is 80.1 Å². The Morgan fingerprint density at radius 2 is 1.79 bits per heavy atom. The Morgan fingerprint density at radius 3 is 2.14 bits per heavy atom. The molecule has 1 N–H and O–H groups in total. The van der Waals surface area contributed by atoms with Crippen LogP contribution in [0.3, 0.4) is 0 Å². The van der Waals surface area contributed by atoms with E-state index in [-0.39, 0.29) is 6.42 Å². The lowest BCUT2D eigenvalue weighted by atomic mass is 9.81. The van der Waals surface area contributed by atoms with Crippen LogP contribution in [0.15, 0.2) is 0 Å². The van der Waals surface area contributed by atoms with E-state index in [2.05, 4.69) is 0 Å². The predicted molar refractivity (Wildman–Crippen MR) is 43.8 cm³/mol. The Balaban J connectivity index is 2.57. The van der Waals surface area contributed by atoms with Crippen molar-refractivity contribution in [3.8, 4) is 0 Å². The molecule has 1 aliphatic carbocycles. The van der Waals surface area contributed by atoms with Crippen LogP contribution in [0.4, 0.5) is 13.2 Å². The summed E-state index contributed by atoms with van der Waals surface area (Å²) < 4.78 is 35.8. The van der Waals surface area contributed by atoms with E-state index in [1.165, 1.54) is 0 Å². The van der Waals surface area contributed by atoms with Crippen LogP contribution >= 0.6 is 0 Å². The Hall–Kier alpha value is -0.740. The van der Waals surface area contributed by atoms with Gasteiger partial charge in [-0.15, -0.1) is 0 Å². The van der Waals surface area contributed by atoms with E-state index in [1.54, 1.807) is 0 Å². The van der Waals surface area contributed by atoms with Crippen molar-refractivity contribution in [2.75, 3.05) is 0 Å². The van der Waals surface area contributed by atoms with Crippen LogP contribution in [0.2, 0.25) is 0 Å². The maximum atomic E-state index is 11.9. The zero-order valence-electron chi connectivity index (χ0n) is 7.73. The minimum Gasteiger partial charge on any atom is -0.481 e. The number of rotatable bonds is 3. The molecule has 2 nitrogen and oxygen atoms in total. The minimum atomic E-state index is -4.24. The van der Waals surface area contributed by atoms with Crippen molar-refractivity contribution in [1.29, 1.82) is 0 Å². The average Bonchev–Trinajstić information content (AvgIpc) is 2.48. The SMILES string of the molecule is O=C(O)C1(CCC(F)(F)F)CCCC1. The van der Waals surface area contributed by atoms with Crippen LogP contribution in [0, 0.1) is 5.41 Å². The molecule has 1 rings (SSSR count). The molecule has 0 aliphatic heterocycles. The fourth-order valence-corrected chi connectivity index (χ4v) is 2.00. The molecule has 14 heavy (non-hydrogen) atoms. The zero-order valence-corrected chi connectivity index (χ0v) is 7.73. The molecule has 0 bridgehead atoms. The number of alkyl halides is 3. The summed E-state index contributed by atoms with van der Waals surface area (Å²) in [5.41, 5.74) is -1.10. The molecule has 0 amide bonds. The van der Waals surface area contributed by atoms with Gasteiger partial charge in [-0.05, 0) is 19.3 Å². The van der Waals surface area contributed by atoms with Crippen LogP contribution in [0.25, 0.3) is 0 Å². The summed E-state index contributed by atoms with van der Waals surface area (Å²) in [6.07, 6.45) is -3.28. The third-order valence-electron chi connectivity index (χ3n) is 2.90. The first-order chi connectivity index (χ1) is 6.36. The second-order valence-corrected chi connectivity index (χ2v) is 3.91. The van der Waals surface area contributed by atoms with Crippen LogP contribution < -0.4 is 0 Å². The van der Waals surface area contributed by atoms with Gasteiger partial charge in [0.25, 0.3) is 0 Å². The van der Waals surface area contributed by atoms with E-state index >= 15 is 0 Å². The van der Waals surface area contributed by atoms with Gasteiger partial charge in [-0.25, -0.2) is 0 Å². The molecule has 82 valence electrons. The van der Waals surface area contributed by atoms with Crippen molar-refractivity contribution in [2.45, 2.75) is 44.7 Å². The third kappa shape index (κ3) is 2.62. The van der Waals surface area contributed by atoms with E-state index in [4.69, 9.17) is 5.11 Å². The first-order valence-corrected chi connectivity index (χ1v) is 4.66. The van der Waals surface area contributed by atoms with E-state index in [0.29, 0.717) is 12.8 Å². The van der Waals surface area contributed by atoms with Crippen molar-refractivity contribution in [2.24, 2.45) is 5.41 Å². The van der Waals surface area contributed by atoms with E-state index in [9.17, 15) is 18.0 Å². The molecule has 1 saturated carbocycles. The molecule has 0 unspecified atom stereocenters. The summed E-state index contributed by atoms with van der Waals surface area (Å²) in [6.45, 7) is 0. The number of aliphatic carboxylic acids is 1. The van der Waals surface area contributed by atoms with Gasteiger partial charge in [0.1, 0.15) is 0 Å². The number of carboxylic acids is 1. The molecule has 0 heterocycles. The summed E-state index contributed by atoms with van der Waals surface area (Å²) in [4.78, 5) is 10.9. The van der Waals surface area contributed by atoms with Gasteiger partial charge in [-0.3, -0.25) is 4.79 Å². The number of carboxylic acid groups (broad SMARTS) is 1. The standard InChI is InChI=1S/C9H13F3O2/c10-9(11,12)6-5-8(7(13)14)3-1-2-4-8/h1-6H2,(H,13,14). The highest BCUT2D eigenvalue weighted by atomic mass is 19.4. The van der Waals surface area contributed by atoms with Crippen LogP contribution in [0.5, 0.6) is 0 Å². The molecule has 0 aromatic carbocycles. The molecular weight excluding hydrogens is 197 g/mol. The van der Waals surface area contributed by atoms with Gasteiger partial charge in [0, 0.05) is 6.42 Å². The van der Waals surface area contributed by atoms with Gasteiger partial charge in [-0.2, -0.15) is 13.2 Å². The molecule has 1 fully saturated rings. The van der Waals surface area contributed by atoms with Crippen molar-refractivity contribution >= 4 is 5.97 Å². The van der Waals surface area contributed by atoms with Gasteiger partial charge in [-0.1, -0.05) is 12.8 Å². The number of halogens is 3. The largest absolute Gasteiger partial charge is 0.481 e. The van der Waals surface area contributed by atoms with Gasteiger partial charge in [0.15, 0.2) is 0 Å². The second kappa shape index (κ2) is 3.79. The lowest BCUT2D eigenvalue weighted by Crippen LogP contribution is -2.29. The van der Waals surface area contributed by atoms with E-state index < -0.39 is 24.0 Å². The van der Waals surface area contributed by atoms with Crippen molar-refractivity contribution in [3.05, 3.63) is 0 Å². The van der Waals surface area contributed by atoms with Crippen molar-refractivity contribution in [3.63, 3.8) is 0 Å². The van der Waals surface area contributed by atoms with Gasteiger partial charge in [0.05, 0.1) is 5.41 Å². The first-order valence-electron chi connectivity index (χ1n) is 4.66. The molecule has 0 aromatic heterocycles. The molecule has 0 aromatic rings. The van der Waals surface area contributed by atoms with Crippen molar-refractivity contribution < 1.29 is 23.1 Å². The van der Waals surface area contributed by atoms with E-state index in [0.717, 1.165) is 12.8 Å². The Morgan fingerprint density at radius 1 is 1.29 bits per heavy atom. The van der Waals surface area contributed by atoms with E-state index in [1.807, 2.05) is 0 Å². The smallest absolute Gasteiger partial charge is 0.389 e. The highest BCUT2D eigenvalue weighted by Gasteiger charge is 2.43. The average molecular weight is 210 g/mol. The maximum absolute atomic E-state index is 11.9. The van der Waals surface area contributed by atoms with Crippen molar-refractivity contribution in [1.82, 2.24) is 0 Å². The normalized spacial score (nSPS) is 21.1. The number of hydrogen-bond donors (Lipinski definition) is 1. The molecule has 0 saturated heterocycles. The molecule has 0 spiro atoms. The summed E-state index contributed by atoms with van der Waals surface area (Å²) in [5.74, 6) is -1.07. The zero-order chi connectivity index (χ0) is 10.8. The number of carbonyl (C=O) groups is 1. The third-order valence-corrected chi connectivity index (χ3v) is 2.90. The predicted octanol–water partition coefficient (Wildman–Crippen LogP) is 2.97. The first kappa shape index (κ1) is 11.3. The highest BCUT2D eigenvalue weighted by molar-refractivity contribution is 5.74. The summed E-state index contributed by atoms with van der Waals surface area (Å²) >= 11 is 0. The monoisotopic (exact) mass is 210 g/mol. The lowest BCUT2D eigenvalue weighted by Gasteiger charge is -2.23. The highest BCUT2D eigenvalue weighted by Crippen LogP contribution is 2.44. The topological polar surface area (TPSA) is 37.3 Å². The molecular formula is C9H13F3O2. The Kier molecular flexibility index (Phi) is 3.07. The Bertz CT molecular complexity index is 217. The molecule has 1 aliphatic rings. The fraction of sp³-hybridized carbons (Fsp3) is 0.889. The summed E-state index contributed by atoms with van der Waals surface area (Å²) in [5, 5.41) is 8.89. The van der Waals surface area contributed by atoms with Crippen LogP contribution in [-0.4, -0.2) is 17.3 Å². The van der Waals surface area contributed by atoms with Gasteiger partial charge in [0.2, 0.25) is 0 Å². The fourth-order valence-electron chi connectivity index (χ4n) is 2.00. The second-order valence-electron chi connectivity index (χ2n) is 3.91. The minimum absolute atomic E-state index is 0.272. The van der Waals surface area contributed by atoms with Gasteiger partial charge < -0.3 is 5.11 Å². The molecule has 5 heteroatoms. The summed E-state index contributed by atoms with van der Waals surface area (Å²) in [7, 11) is 0. The lowest BCUT2D eigenvalue weighted by molar-refractivity contribution is -0.157. The van der Waals surface area contributed by atoms with Crippen LogP contribution in [-0.2, 0) is 4.79 Å². The quantitative estimate of drug-likeness (QED) is 0.777. The van der Waals surface area contributed by atoms with Crippen LogP contribution in [0.1, 0.15) is 38.5 Å².